The summed E-state index contributed by atoms with van der Waals surface area (Å²) in [5.74, 6) is -9.38. The van der Waals surface area contributed by atoms with Gasteiger partial charge in [0.05, 0.1) is 12.6 Å². The van der Waals surface area contributed by atoms with Gasteiger partial charge in [-0.05, 0) is 80.7 Å². The number of phenolic OH excluding ortho intramolecular Hbond substituents is 1. The first-order chi connectivity index (χ1) is 38.0. The molecule has 0 bridgehead atoms. The molecule has 3 aromatic rings. The van der Waals surface area contributed by atoms with Crippen molar-refractivity contribution >= 4 is 70.9 Å². The predicted molar refractivity (Wildman–Crippen MR) is 290 cm³/mol. The van der Waals surface area contributed by atoms with Crippen LogP contribution >= 0.6 is 0 Å². The normalized spacial score (nSPS) is 15.4. The number of amides is 11. The molecule has 8 atom stereocenters. The van der Waals surface area contributed by atoms with Crippen molar-refractivity contribution in [3.05, 3.63) is 102 Å². The third-order valence-corrected chi connectivity index (χ3v) is 12.8. The van der Waals surface area contributed by atoms with E-state index in [2.05, 4.69) is 42.5 Å². The zero-order chi connectivity index (χ0) is 58.9. The molecule has 0 spiro atoms. The SMILES string of the molecule is C[C@@H](NC(=O)[C@@H](N)Cc1ccc(O)cc1)C(=O)NCC(=O)N[C@@H](Cc1ccccc1)C(=O)N[C@@H](CCC(N)=O)C(=O)N1CCC[C@H]1C(=O)N[C@@H](CCC(N)=O)C(=O)N[C@@H](CCCNC(=N)N)C(=O)N[C@@H](Cc1ccccc1)C(N)=O. The number of likely N-dealkylation sites (tertiary alicyclic amines) is 1. The molecule has 1 aliphatic heterocycles. The van der Waals surface area contributed by atoms with Crippen molar-refractivity contribution in [2.45, 2.75) is 126 Å². The van der Waals surface area contributed by atoms with Gasteiger partial charge in [0.15, 0.2) is 5.96 Å². The highest BCUT2D eigenvalue weighted by Crippen LogP contribution is 2.21. The number of nitrogens with two attached hydrogens (primary N) is 5. The largest absolute Gasteiger partial charge is 0.508 e. The summed E-state index contributed by atoms with van der Waals surface area (Å²) in [5, 5.41) is 37.4. The monoisotopic (exact) mass is 1110 g/mol. The van der Waals surface area contributed by atoms with Gasteiger partial charge in [-0.2, -0.15) is 0 Å². The standard InChI is InChI=1S/C53H73N15O12/c1-30(62-47(75)35(54)26-33-16-18-34(69)19-17-33)46(74)61-29-44(72)63-40(28-32-12-6-3-7-13-32)50(78)66-38(21-23-43(56)71)52(80)68-25-9-15-41(68)51(79)65-37(20-22-42(55)70)49(77)64-36(14-8-24-60-53(58)59)48(76)67-39(45(57)73)27-31-10-4-2-5-11-31/h2-7,10-13,16-19,30,35-41,69H,8-9,14-15,20-29,54H2,1H3,(H2,55,70)(H2,56,71)(H2,57,73)(H,61,74)(H,62,75)(H,63,72)(H,64,77)(H,65,79)(H,66,78)(H,67,76)(H4,58,59,60)/t30-,35+,36+,37+,38+,39+,40+,41+/m1/s1. The molecule has 27 heteroatoms. The average molecular weight is 1110 g/mol. The predicted octanol–water partition coefficient (Wildman–Crippen LogP) is -3.94. The summed E-state index contributed by atoms with van der Waals surface area (Å²) >= 11 is 0. The lowest BCUT2D eigenvalue weighted by Gasteiger charge is -2.31. The highest BCUT2D eigenvalue weighted by atomic mass is 16.3. The van der Waals surface area contributed by atoms with Crippen LogP contribution in [0.5, 0.6) is 5.75 Å². The Hall–Kier alpha value is -9.14. The van der Waals surface area contributed by atoms with Gasteiger partial charge in [-0.1, -0.05) is 72.8 Å². The van der Waals surface area contributed by atoms with Crippen molar-refractivity contribution < 1.29 is 57.8 Å². The summed E-state index contributed by atoms with van der Waals surface area (Å²) in [4.78, 5) is 148. The smallest absolute Gasteiger partial charge is 0.245 e. The second kappa shape index (κ2) is 31.9. The van der Waals surface area contributed by atoms with Crippen LogP contribution in [0.3, 0.4) is 0 Å². The molecule has 0 radical (unpaired) electrons. The van der Waals surface area contributed by atoms with E-state index >= 15 is 0 Å². The molecule has 432 valence electrons. The van der Waals surface area contributed by atoms with Crippen LogP contribution in [0.4, 0.5) is 0 Å². The molecular formula is C53H73N15O12. The van der Waals surface area contributed by atoms with Crippen LogP contribution in [0.2, 0.25) is 0 Å². The van der Waals surface area contributed by atoms with Crippen LogP contribution in [0.25, 0.3) is 0 Å². The molecule has 1 fully saturated rings. The fraction of sp³-hybridized carbons (Fsp3) is 0.434. The minimum atomic E-state index is -1.52. The summed E-state index contributed by atoms with van der Waals surface area (Å²) in [7, 11) is 0. The van der Waals surface area contributed by atoms with Gasteiger partial charge >= 0.3 is 0 Å². The molecule has 0 saturated carbocycles. The molecule has 80 heavy (non-hydrogen) atoms. The molecule has 11 amide bonds. The summed E-state index contributed by atoms with van der Waals surface area (Å²) < 4.78 is 0. The molecule has 0 aromatic heterocycles. The Morgan fingerprint density at radius 1 is 0.588 bits per heavy atom. The van der Waals surface area contributed by atoms with Crippen molar-refractivity contribution in [1.29, 1.82) is 5.41 Å². The van der Waals surface area contributed by atoms with Crippen molar-refractivity contribution in [2.24, 2.45) is 28.7 Å². The van der Waals surface area contributed by atoms with E-state index in [0.29, 0.717) is 16.7 Å². The fourth-order valence-corrected chi connectivity index (χ4v) is 8.55. The maximum Gasteiger partial charge on any atom is 0.245 e. The Bertz CT molecular complexity index is 2660. The number of carbonyl (C=O) groups excluding carboxylic acids is 11. The number of aromatic hydroxyl groups is 1. The molecule has 4 rings (SSSR count). The Kier molecular flexibility index (Phi) is 25.3. The Morgan fingerprint density at radius 2 is 1.10 bits per heavy atom. The van der Waals surface area contributed by atoms with E-state index in [9.17, 15) is 57.8 Å². The summed E-state index contributed by atoms with van der Waals surface area (Å²) in [5.41, 5.74) is 30.0. The van der Waals surface area contributed by atoms with E-state index in [1.54, 1.807) is 72.8 Å². The zero-order valence-corrected chi connectivity index (χ0v) is 44.4. The number of benzene rings is 3. The molecular weight excluding hydrogens is 1040 g/mol. The number of guanidine groups is 1. The van der Waals surface area contributed by atoms with Gasteiger partial charge in [0.1, 0.15) is 48.0 Å². The molecule has 0 unspecified atom stereocenters. The van der Waals surface area contributed by atoms with Gasteiger partial charge in [0, 0.05) is 38.8 Å². The van der Waals surface area contributed by atoms with Gasteiger partial charge in [-0.15, -0.1) is 0 Å². The van der Waals surface area contributed by atoms with Gasteiger partial charge in [-0.3, -0.25) is 58.1 Å². The van der Waals surface area contributed by atoms with Crippen LogP contribution in [0, 0.1) is 5.41 Å². The molecule has 1 aliphatic rings. The summed E-state index contributed by atoms with van der Waals surface area (Å²) in [6.45, 7) is 0.811. The number of carbonyl (C=O) groups is 11. The topological polar surface area (TPSA) is 461 Å². The van der Waals surface area contributed by atoms with E-state index in [1.807, 2.05) is 0 Å². The van der Waals surface area contributed by atoms with Crippen molar-refractivity contribution in [3.8, 4) is 5.75 Å². The third kappa shape index (κ3) is 21.7. The lowest BCUT2D eigenvalue weighted by Crippen LogP contribution is -2.60. The van der Waals surface area contributed by atoms with Crippen LogP contribution in [0.1, 0.15) is 75.0 Å². The maximum absolute atomic E-state index is 14.5. The first-order valence-corrected chi connectivity index (χ1v) is 26.0. The second-order valence-electron chi connectivity index (χ2n) is 19.3. The highest BCUT2D eigenvalue weighted by molar-refractivity contribution is 5.98. The van der Waals surface area contributed by atoms with Crippen LogP contribution < -0.4 is 71.2 Å². The van der Waals surface area contributed by atoms with E-state index in [1.165, 1.54) is 19.1 Å². The fourth-order valence-electron chi connectivity index (χ4n) is 8.55. The Morgan fingerprint density at radius 3 is 1.66 bits per heavy atom. The van der Waals surface area contributed by atoms with E-state index in [4.69, 9.17) is 34.1 Å². The quantitative estimate of drug-likeness (QED) is 0.0161. The van der Waals surface area contributed by atoms with Gasteiger partial charge in [-0.25, -0.2) is 0 Å². The number of phenols is 1. The molecule has 1 heterocycles. The molecule has 27 nitrogen and oxygen atoms in total. The average Bonchev–Trinajstić information content (AvgIpc) is 3.96. The van der Waals surface area contributed by atoms with E-state index in [-0.39, 0.29) is 82.6 Å². The van der Waals surface area contributed by atoms with Crippen LogP contribution in [0.15, 0.2) is 84.9 Å². The zero-order valence-electron chi connectivity index (χ0n) is 44.4. The molecule has 20 N–H and O–H groups in total. The van der Waals surface area contributed by atoms with Crippen LogP contribution in [-0.2, 0) is 72.0 Å². The minimum absolute atomic E-state index is 0.0219. The number of hydrogen-bond acceptors (Lipinski definition) is 14. The van der Waals surface area contributed by atoms with Gasteiger partial charge in [0.25, 0.3) is 0 Å². The molecule has 0 aliphatic carbocycles. The van der Waals surface area contributed by atoms with Crippen molar-refractivity contribution in [3.63, 3.8) is 0 Å². The molecule has 1 saturated heterocycles. The number of primary amides is 3. The number of rotatable bonds is 32. The van der Waals surface area contributed by atoms with Crippen molar-refractivity contribution in [2.75, 3.05) is 19.6 Å². The maximum atomic E-state index is 14.5. The summed E-state index contributed by atoms with van der Waals surface area (Å²) in [6.07, 6.45) is -1.05. The lowest BCUT2D eigenvalue weighted by atomic mass is 10.0. The number of hydrogen-bond donors (Lipinski definition) is 15. The van der Waals surface area contributed by atoms with Crippen LogP contribution in [-0.4, -0.2) is 149 Å². The van der Waals surface area contributed by atoms with Gasteiger partial charge in [0.2, 0.25) is 65.0 Å². The summed E-state index contributed by atoms with van der Waals surface area (Å²) in [6, 6.07) is 12.8. The Balaban J connectivity index is 1.48. The first kappa shape index (κ1) is 63.4. The van der Waals surface area contributed by atoms with E-state index < -0.39 is 133 Å². The van der Waals surface area contributed by atoms with Gasteiger partial charge < -0.3 is 81.2 Å². The lowest BCUT2D eigenvalue weighted by molar-refractivity contribution is -0.143. The number of nitrogens with one attached hydrogen (secondary N) is 9. The number of nitrogens with zero attached hydrogens (tertiary/aromatic N) is 1. The first-order valence-electron chi connectivity index (χ1n) is 26.0. The third-order valence-electron chi connectivity index (χ3n) is 12.8. The minimum Gasteiger partial charge on any atom is -0.508 e. The van der Waals surface area contributed by atoms with Crippen molar-refractivity contribution in [1.82, 2.24) is 47.4 Å². The molecule has 3 aromatic carbocycles. The highest BCUT2D eigenvalue weighted by Gasteiger charge is 2.40. The van der Waals surface area contributed by atoms with E-state index in [0.717, 1.165) is 4.90 Å². The second-order valence-corrected chi connectivity index (χ2v) is 19.3. The Labute approximate surface area is 461 Å².